The van der Waals surface area contributed by atoms with Crippen LogP contribution in [-0.2, 0) is 4.74 Å². The van der Waals surface area contributed by atoms with Crippen LogP contribution in [0, 0.1) is 5.82 Å². The molecule has 10 heteroatoms. The second kappa shape index (κ2) is 11.1. The van der Waals surface area contributed by atoms with Gasteiger partial charge in [0.1, 0.15) is 5.60 Å². The lowest BCUT2D eigenvalue weighted by molar-refractivity contribution is 0.0238. The number of carbonyl (C=O) groups is 1. The number of aliphatic imine (C=N–C) groups is 1. The van der Waals surface area contributed by atoms with Gasteiger partial charge >= 0.3 is 6.09 Å². The number of pyridine rings is 1. The van der Waals surface area contributed by atoms with Crippen LogP contribution in [0.25, 0.3) is 0 Å². The predicted octanol–water partition coefficient (Wildman–Crippen LogP) is 2.98. The van der Waals surface area contributed by atoms with Gasteiger partial charge in [-0.05, 0) is 52.2 Å². The average Bonchev–Trinajstić information content (AvgIpc) is 3.41. The summed E-state index contributed by atoms with van der Waals surface area (Å²) in [6.07, 6.45) is 4.25. The molecule has 2 aliphatic rings. The Labute approximate surface area is 201 Å². The molecule has 2 N–H and O–H groups in total. The molecule has 0 aromatic carbocycles. The molecule has 0 radical (unpaired) electrons. The van der Waals surface area contributed by atoms with Gasteiger partial charge in [-0.25, -0.2) is 14.2 Å². The molecule has 2 heterocycles. The minimum atomic E-state index is -0.503. The van der Waals surface area contributed by atoms with Gasteiger partial charge < -0.3 is 25.2 Å². The van der Waals surface area contributed by atoms with E-state index in [9.17, 15) is 9.18 Å². The van der Waals surface area contributed by atoms with Gasteiger partial charge in [-0.3, -0.25) is 4.99 Å². The molecule has 0 spiro atoms. The lowest BCUT2D eigenvalue weighted by atomic mass is 10.2. The fourth-order valence-corrected chi connectivity index (χ4v) is 3.49. The van der Waals surface area contributed by atoms with Gasteiger partial charge in [-0.15, -0.1) is 24.0 Å². The zero-order valence-electron chi connectivity index (χ0n) is 18.7. The van der Waals surface area contributed by atoms with Crippen LogP contribution in [0.15, 0.2) is 23.3 Å². The van der Waals surface area contributed by atoms with Crippen molar-refractivity contribution < 1.29 is 13.9 Å². The molecule has 8 nitrogen and oxygen atoms in total. The number of anilines is 1. The van der Waals surface area contributed by atoms with E-state index < -0.39 is 5.60 Å². The third-order valence-corrected chi connectivity index (χ3v) is 5.05. The van der Waals surface area contributed by atoms with Gasteiger partial charge in [-0.1, -0.05) is 0 Å². The second-order valence-electron chi connectivity index (χ2n) is 8.79. The minimum Gasteiger partial charge on any atom is -0.444 e. The van der Waals surface area contributed by atoms with E-state index in [0.29, 0.717) is 31.4 Å². The third-order valence-electron chi connectivity index (χ3n) is 5.05. The Morgan fingerprint density at radius 1 is 1.39 bits per heavy atom. The molecule has 1 amide bonds. The first-order valence-electron chi connectivity index (χ1n) is 10.6. The number of hydrogen-bond donors (Lipinski definition) is 2. The lowest BCUT2D eigenvalue weighted by Gasteiger charge is -2.28. The van der Waals surface area contributed by atoms with Crippen LogP contribution in [0.4, 0.5) is 15.0 Å². The molecule has 1 aliphatic carbocycles. The maximum Gasteiger partial charge on any atom is 0.410 e. The summed E-state index contributed by atoms with van der Waals surface area (Å²) in [6, 6.07) is 3.44. The summed E-state index contributed by atoms with van der Waals surface area (Å²) in [5.74, 6) is 0.758. The highest BCUT2D eigenvalue weighted by Crippen LogP contribution is 2.28. The van der Waals surface area contributed by atoms with Gasteiger partial charge in [-0.2, -0.15) is 0 Å². The Bertz CT molecular complexity index is 768. The molecule has 1 aromatic rings. The van der Waals surface area contributed by atoms with Crippen molar-refractivity contribution in [1.82, 2.24) is 20.5 Å². The van der Waals surface area contributed by atoms with Gasteiger partial charge in [0.15, 0.2) is 17.6 Å². The van der Waals surface area contributed by atoms with E-state index >= 15 is 0 Å². The van der Waals surface area contributed by atoms with Crippen molar-refractivity contribution in [2.45, 2.75) is 57.7 Å². The number of amides is 1. The summed E-state index contributed by atoms with van der Waals surface area (Å²) in [4.78, 5) is 24.6. The van der Waals surface area contributed by atoms with Crippen LogP contribution >= 0.6 is 24.0 Å². The predicted molar refractivity (Wildman–Crippen MR) is 131 cm³/mol. The van der Waals surface area contributed by atoms with Crippen LogP contribution in [0.3, 0.4) is 0 Å². The van der Waals surface area contributed by atoms with Crippen molar-refractivity contribution >= 4 is 41.8 Å². The van der Waals surface area contributed by atoms with Crippen LogP contribution < -0.4 is 15.5 Å². The van der Waals surface area contributed by atoms with Crippen molar-refractivity contribution in [1.29, 1.82) is 0 Å². The van der Waals surface area contributed by atoms with Crippen molar-refractivity contribution in [3.63, 3.8) is 0 Å². The molecule has 31 heavy (non-hydrogen) atoms. The van der Waals surface area contributed by atoms with Crippen molar-refractivity contribution in [2.75, 3.05) is 38.1 Å². The Morgan fingerprint density at radius 2 is 2.13 bits per heavy atom. The monoisotopic (exact) mass is 548 g/mol. The standard InChI is InChI=1S/C21H33FN6O2.HI/c1-21(2,3)30-20(29)28(16-7-8-16)13-11-25-19(23-4)26-15-9-12-27(14-15)18-17(22)6-5-10-24-18;/h5-6,10,15-16H,7-9,11-14H2,1-4H3,(H2,23,25,26);1H. The van der Waals surface area contributed by atoms with Crippen LogP contribution in [-0.4, -0.2) is 72.8 Å². The summed E-state index contributed by atoms with van der Waals surface area (Å²) in [6.45, 7) is 8.14. The zero-order chi connectivity index (χ0) is 21.7. The highest BCUT2D eigenvalue weighted by molar-refractivity contribution is 14.0. The maximum absolute atomic E-state index is 14.0. The molecule has 1 aliphatic heterocycles. The highest BCUT2D eigenvalue weighted by atomic mass is 127. The van der Waals surface area contributed by atoms with E-state index in [4.69, 9.17) is 4.74 Å². The van der Waals surface area contributed by atoms with Crippen molar-refractivity contribution in [3.05, 3.63) is 24.1 Å². The quantitative estimate of drug-likeness (QED) is 0.323. The first kappa shape index (κ1) is 25.4. The van der Waals surface area contributed by atoms with E-state index in [1.165, 1.54) is 6.07 Å². The lowest BCUT2D eigenvalue weighted by Crippen LogP contribution is -2.48. The molecular weight excluding hydrogens is 514 g/mol. The Kier molecular flexibility index (Phi) is 9.14. The van der Waals surface area contributed by atoms with E-state index in [-0.39, 0.29) is 48.0 Å². The topological polar surface area (TPSA) is 82.1 Å². The van der Waals surface area contributed by atoms with E-state index in [2.05, 4.69) is 20.6 Å². The Morgan fingerprint density at radius 3 is 2.74 bits per heavy atom. The van der Waals surface area contributed by atoms with E-state index in [1.807, 2.05) is 25.7 Å². The number of halogens is 2. The number of ether oxygens (including phenoxy) is 1. The normalized spacial score (nSPS) is 18.9. The summed E-state index contributed by atoms with van der Waals surface area (Å²) >= 11 is 0. The van der Waals surface area contributed by atoms with Crippen molar-refractivity contribution in [3.8, 4) is 0 Å². The largest absolute Gasteiger partial charge is 0.444 e. The first-order chi connectivity index (χ1) is 14.3. The fourth-order valence-electron chi connectivity index (χ4n) is 3.49. The van der Waals surface area contributed by atoms with Gasteiger partial charge in [0.2, 0.25) is 0 Å². The van der Waals surface area contributed by atoms with Gasteiger partial charge in [0.25, 0.3) is 0 Å². The van der Waals surface area contributed by atoms with Crippen LogP contribution in [0.1, 0.15) is 40.0 Å². The zero-order valence-corrected chi connectivity index (χ0v) is 21.1. The number of guanidine groups is 1. The molecule has 3 rings (SSSR count). The Balaban J connectivity index is 0.00000341. The van der Waals surface area contributed by atoms with E-state index in [1.54, 1.807) is 24.2 Å². The van der Waals surface area contributed by atoms with Crippen LogP contribution in [0.5, 0.6) is 0 Å². The number of rotatable bonds is 6. The average molecular weight is 548 g/mol. The highest BCUT2D eigenvalue weighted by Gasteiger charge is 2.35. The van der Waals surface area contributed by atoms with Gasteiger partial charge in [0.05, 0.1) is 0 Å². The molecule has 174 valence electrons. The molecular formula is C21H34FIN6O2. The maximum atomic E-state index is 14.0. The molecule has 1 atom stereocenters. The number of carbonyl (C=O) groups excluding carboxylic acids is 1. The SMILES string of the molecule is CN=C(NCCN(C(=O)OC(C)(C)C)C1CC1)NC1CCN(c2ncccc2F)C1.I. The smallest absolute Gasteiger partial charge is 0.410 e. The number of nitrogens with zero attached hydrogens (tertiary/aromatic N) is 4. The summed E-state index contributed by atoms with van der Waals surface area (Å²) in [5.41, 5.74) is -0.503. The summed E-state index contributed by atoms with van der Waals surface area (Å²) < 4.78 is 19.5. The van der Waals surface area contributed by atoms with Gasteiger partial charge in [0, 0.05) is 51.5 Å². The number of hydrogen-bond acceptors (Lipinski definition) is 5. The van der Waals surface area contributed by atoms with Crippen LogP contribution in [0.2, 0.25) is 0 Å². The number of aromatic nitrogens is 1. The summed E-state index contributed by atoms with van der Waals surface area (Å²) in [7, 11) is 1.72. The van der Waals surface area contributed by atoms with E-state index in [0.717, 1.165) is 25.8 Å². The molecule has 1 saturated heterocycles. The second-order valence-corrected chi connectivity index (χ2v) is 8.79. The molecule has 0 bridgehead atoms. The minimum absolute atomic E-state index is 0. The fraction of sp³-hybridized carbons (Fsp3) is 0.667. The third kappa shape index (κ3) is 7.65. The summed E-state index contributed by atoms with van der Waals surface area (Å²) in [5, 5.41) is 6.66. The molecule has 2 fully saturated rings. The molecule has 1 aromatic heterocycles. The molecule has 1 unspecified atom stereocenters. The Hall–Kier alpha value is -1.85. The molecule has 1 saturated carbocycles. The first-order valence-corrected chi connectivity index (χ1v) is 10.6. The van der Waals surface area contributed by atoms with Crippen molar-refractivity contribution in [2.24, 2.45) is 4.99 Å². The number of nitrogens with one attached hydrogen (secondary N) is 2.